The number of thiophene rings is 1. The molecule has 2 rings (SSSR count). The Balaban J connectivity index is 1.89. The molecule has 0 saturated carbocycles. The van der Waals surface area contributed by atoms with Gasteiger partial charge in [-0.05, 0) is 18.4 Å². The number of anilines is 1. The lowest BCUT2D eigenvalue weighted by Crippen LogP contribution is -2.17. The third kappa shape index (κ3) is 3.02. The molecule has 0 fully saturated rings. The van der Waals surface area contributed by atoms with Crippen molar-refractivity contribution < 1.29 is 0 Å². The zero-order valence-corrected chi connectivity index (χ0v) is 11.1. The van der Waals surface area contributed by atoms with Gasteiger partial charge < -0.3 is 5.32 Å². The summed E-state index contributed by atoms with van der Waals surface area (Å²) < 4.78 is 4.26. The fourth-order valence-corrected chi connectivity index (χ4v) is 3.05. The third-order valence-electron chi connectivity index (χ3n) is 2.24. The maximum Gasteiger partial charge on any atom is 0.202 e. The van der Waals surface area contributed by atoms with Gasteiger partial charge in [-0.2, -0.15) is 4.37 Å². The van der Waals surface area contributed by atoms with E-state index in [1.54, 1.807) is 11.3 Å². The molecule has 0 aliphatic heterocycles. The van der Waals surface area contributed by atoms with Gasteiger partial charge in [-0.1, -0.05) is 13.0 Å². The molecular formula is C11H15N3S2. The molecule has 2 heterocycles. The summed E-state index contributed by atoms with van der Waals surface area (Å²) in [5, 5.41) is 6.43. The van der Waals surface area contributed by atoms with Crippen molar-refractivity contribution in [1.82, 2.24) is 9.36 Å². The van der Waals surface area contributed by atoms with Gasteiger partial charge in [0, 0.05) is 35.3 Å². The van der Waals surface area contributed by atoms with Crippen molar-refractivity contribution in [3.63, 3.8) is 0 Å². The molecule has 0 bridgehead atoms. The topological polar surface area (TPSA) is 37.8 Å². The molecule has 1 unspecified atom stereocenters. The molecule has 2 aromatic heterocycles. The van der Waals surface area contributed by atoms with Crippen molar-refractivity contribution >= 4 is 28.0 Å². The van der Waals surface area contributed by atoms with Crippen LogP contribution >= 0.6 is 22.9 Å². The predicted molar refractivity (Wildman–Crippen MR) is 70.4 cm³/mol. The highest BCUT2D eigenvalue weighted by atomic mass is 32.1. The first-order chi connectivity index (χ1) is 7.78. The average molecular weight is 253 g/mol. The van der Waals surface area contributed by atoms with Crippen molar-refractivity contribution in [1.29, 1.82) is 0 Å². The zero-order chi connectivity index (χ0) is 11.4. The van der Waals surface area contributed by atoms with E-state index in [1.165, 1.54) is 16.4 Å². The first-order valence-electron chi connectivity index (χ1n) is 5.39. The Morgan fingerprint density at radius 3 is 3.00 bits per heavy atom. The highest BCUT2D eigenvalue weighted by Gasteiger charge is 2.07. The van der Waals surface area contributed by atoms with Crippen LogP contribution in [-0.4, -0.2) is 15.4 Å². The van der Waals surface area contributed by atoms with E-state index in [0.29, 0.717) is 6.04 Å². The summed E-state index contributed by atoms with van der Waals surface area (Å²) in [6.45, 7) is 4.24. The van der Waals surface area contributed by atoms with Gasteiger partial charge in [0.1, 0.15) is 5.82 Å². The standard InChI is InChI=1S/C11H15N3S2/c1-3-10-13-11(16-14-10)12-8(2)7-9-5-4-6-15-9/h4-6,8H,3,7H2,1-2H3,(H,12,13,14). The minimum absolute atomic E-state index is 0.399. The Hall–Kier alpha value is -0.940. The largest absolute Gasteiger partial charge is 0.357 e. The van der Waals surface area contributed by atoms with Crippen LogP contribution < -0.4 is 5.32 Å². The maximum atomic E-state index is 4.40. The van der Waals surface area contributed by atoms with Crippen LogP contribution in [0.2, 0.25) is 0 Å². The Kier molecular flexibility index (Phi) is 3.90. The summed E-state index contributed by atoms with van der Waals surface area (Å²) >= 11 is 3.25. The molecule has 0 saturated heterocycles. The first-order valence-corrected chi connectivity index (χ1v) is 7.04. The number of hydrogen-bond donors (Lipinski definition) is 1. The van der Waals surface area contributed by atoms with Crippen LogP contribution in [0.25, 0.3) is 0 Å². The molecule has 16 heavy (non-hydrogen) atoms. The van der Waals surface area contributed by atoms with Gasteiger partial charge >= 0.3 is 0 Å². The monoisotopic (exact) mass is 253 g/mol. The summed E-state index contributed by atoms with van der Waals surface area (Å²) in [6, 6.07) is 4.66. The summed E-state index contributed by atoms with van der Waals surface area (Å²) in [6.07, 6.45) is 1.94. The molecule has 86 valence electrons. The smallest absolute Gasteiger partial charge is 0.202 e. The lowest BCUT2D eigenvalue weighted by Gasteiger charge is -2.10. The van der Waals surface area contributed by atoms with Crippen LogP contribution in [0.15, 0.2) is 17.5 Å². The number of nitrogens with one attached hydrogen (secondary N) is 1. The third-order valence-corrected chi connectivity index (χ3v) is 3.82. The Morgan fingerprint density at radius 1 is 1.50 bits per heavy atom. The molecule has 0 radical (unpaired) electrons. The zero-order valence-electron chi connectivity index (χ0n) is 9.43. The minimum Gasteiger partial charge on any atom is -0.357 e. The SMILES string of the molecule is CCc1nsc(NC(C)Cc2cccs2)n1. The number of hydrogen-bond acceptors (Lipinski definition) is 5. The fourth-order valence-electron chi connectivity index (χ4n) is 1.45. The van der Waals surface area contributed by atoms with Gasteiger partial charge in [0.25, 0.3) is 0 Å². The summed E-state index contributed by atoms with van der Waals surface area (Å²) in [7, 11) is 0. The van der Waals surface area contributed by atoms with Crippen LogP contribution in [0.4, 0.5) is 5.13 Å². The highest BCUT2D eigenvalue weighted by Crippen LogP contribution is 2.16. The molecule has 0 aliphatic carbocycles. The summed E-state index contributed by atoms with van der Waals surface area (Å²) in [5.41, 5.74) is 0. The molecule has 1 atom stereocenters. The Morgan fingerprint density at radius 2 is 2.38 bits per heavy atom. The first kappa shape index (κ1) is 11.5. The van der Waals surface area contributed by atoms with Gasteiger partial charge in [-0.15, -0.1) is 11.3 Å². The van der Waals surface area contributed by atoms with Crippen LogP contribution in [0.3, 0.4) is 0 Å². The van der Waals surface area contributed by atoms with Crippen LogP contribution in [0.5, 0.6) is 0 Å². The van der Waals surface area contributed by atoms with Crippen LogP contribution in [0.1, 0.15) is 24.5 Å². The van der Waals surface area contributed by atoms with E-state index in [2.05, 4.69) is 46.0 Å². The van der Waals surface area contributed by atoms with Gasteiger partial charge in [0.15, 0.2) is 0 Å². The molecule has 5 heteroatoms. The predicted octanol–water partition coefficient (Wildman–Crippen LogP) is 3.21. The minimum atomic E-state index is 0.399. The second-order valence-electron chi connectivity index (χ2n) is 3.70. The van der Waals surface area contributed by atoms with E-state index in [4.69, 9.17) is 0 Å². The summed E-state index contributed by atoms with van der Waals surface area (Å²) in [5.74, 6) is 0.927. The lowest BCUT2D eigenvalue weighted by molar-refractivity contribution is 0.797. The van der Waals surface area contributed by atoms with E-state index >= 15 is 0 Å². The van der Waals surface area contributed by atoms with Gasteiger partial charge in [-0.25, -0.2) is 4.98 Å². The lowest BCUT2D eigenvalue weighted by atomic mass is 10.2. The molecule has 0 aromatic carbocycles. The molecule has 3 nitrogen and oxygen atoms in total. The van der Waals surface area contributed by atoms with Crippen molar-refractivity contribution in [3.8, 4) is 0 Å². The number of aryl methyl sites for hydroxylation is 1. The molecule has 0 amide bonds. The Labute approximate surface area is 104 Å². The van der Waals surface area contributed by atoms with Crippen LogP contribution in [-0.2, 0) is 12.8 Å². The molecular weight excluding hydrogens is 238 g/mol. The molecule has 2 aromatic rings. The van der Waals surface area contributed by atoms with E-state index < -0.39 is 0 Å². The van der Waals surface area contributed by atoms with E-state index in [9.17, 15) is 0 Å². The van der Waals surface area contributed by atoms with Crippen LogP contribution in [0, 0.1) is 0 Å². The molecule has 0 spiro atoms. The van der Waals surface area contributed by atoms with E-state index in [1.807, 2.05) is 0 Å². The summed E-state index contributed by atoms with van der Waals surface area (Å²) in [4.78, 5) is 5.80. The number of rotatable bonds is 5. The number of nitrogens with zero attached hydrogens (tertiary/aromatic N) is 2. The fraction of sp³-hybridized carbons (Fsp3) is 0.455. The highest BCUT2D eigenvalue weighted by molar-refractivity contribution is 7.10. The van der Waals surface area contributed by atoms with Crippen molar-refractivity contribution in [2.45, 2.75) is 32.7 Å². The van der Waals surface area contributed by atoms with Crippen molar-refractivity contribution in [3.05, 3.63) is 28.2 Å². The van der Waals surface area contributed by atoms with Gasteiger partial charge in [-0.3, -0.25) is 0 Å². The van der Waals surface area contributed by atoms with E-state index in [0.717, 1.165) is 23.8 Å². The van der Waals surface area contributed by atoms with Gasteiger partial charge in [0.05, 0.1) is 0 Å². The molecule has 1 N–H and O–H groups in total. The number of aromatic nitrogens is 2. The van der Waals surface area contributed by atoms with Crippen molar-refractivity contribution in [2.75, 3.05) is 5.32 Å². The van der Waals surface area contributed by atoms with E-state index in [-0.39, 0.29) is 0 Å². The quantitative estimate of drug-likeness (QED) is 0.889. The van der Waals surface area contributed by atoms with Gasteiger partial charge in [0.2, 0.25) is 5.13 Å². The normalized spacial score (nSPS) is 12.6. The second kappa shape index (κ2) is 5.41. The average Bonchev–Trinajstić information content (AvgIpc) is 2.89. The maximum absolute atomic E-state index is 4.40. The molecule has 0 aliphatic rings. The van der Waals surface area contributed by atoms with Crippen molar-refractivity contribution in [2.24, 2.45) is 0 Å². The Bertz CT molecular complexity index is 422. The second-order valence-corrected chi connectivity index (χ2v) is 5.48.